The number of likely N-dealkylation sites (tertiary alicyclic amines) is 1. The molecule has 1 aromatic rings. The number of benzene rings is 1. The van der Waals surface area contributed by atoms with Crippen molar-refractivity contribution in [3.63, 3.8) is 0 Å². The van der Waals surface area contributed by atoms with Crippen molar-refractivity contribution >= 4 is 11.9 Å². The van der Waals surface area contributed by atoms with Crippen LogP contribution < -0.4 is 4.74 Å². The monoisotopic (exact) mass is 319 g/mol. The summed E-state index contributed by atoms with van der Waals surface area (Å²) in [7, 11) is 0. The molecule has 0 radical (unpaired) electrons. The molecule has 1 aromatic carbocycles. The number of carbonyl (C=O) groups excluding carboxylic acids is 1. The molecule has 3 rings (SSSR count). The topological polar surface area (TPSA) is 76.1 Å². The van der Waals surface area contributed by atoms with Crippen LogP contribution in [0, 0.1) is 5.92 Å². The Morgan fingerprint density at radius 1 is 1.13 bits per heavy atom. The van der Waals surface area contributed by atoms with Crippen molar-refractivity contribution in [3.05, 3.63) is 29.8 Å². The maximum atomic E-state index is 12.4. The number of hydrogen-bond donors (Lipinski definition) is 1. The van der Waals surface area contributed by atoms with Crippen LogP contribution in [0.5, 0.6) is 5.75 Å². The number of ether oxygens (including phenoxy) is 2. The standard InChI is InChI=1S/C17H21NO5/c19-16(18-8-5-13(11-18)17(20)21)12-1-3-14(4-2-12)23-15-6-9-22-10-7-15/h1-4,13,15H,5-11H2,(H,20,21). The minimum absolute atomic E-state index is 0.119. The molecule has 6 nitrogen and oxygen atoms in total. The third kappa shape index (κ3) is 3.82. The third-order valence-corrected chi connectivity index (χ3v) is 4.40. The quantitative estimate of drug-likeness (QED) is 0.915. The van der Waals surface area contributed by atoms with Gasteiger partial charge in [0.2, 0.25) is 0 Å². The van der Waals surface area contributed by atoms with Crippen LogP contribution >= 0.6 is 0 Å². The van der Waals surface area contributed by atoms with E-state index in [9.17, 15) is 9.59 Å². The van der Waals surface area contributed by atoms with Gasteiger partial charge in [0.15, 0.2) is 0 Å². The van der Waals surface area contributed by atoms with E-state index in [-0.39, 0.29) is 18.6 Å². The molecular weight excluding hydrogens is 298 g/mol. The van der Waals surface area contributed by atoms with E-state index in [1.54, 1.807) is 29.2 Å². The third-order valence-electron chi connectivity index (χ3n) is 4.40. The lowest BCUT2D eigenvalue weighted by Crippen LogP contribution is -2.30. The highest BCUT2D eigenvalue weighted by atomic mass is 16.5. The Kier molecular flexibility index (Phi) is 4.81. The molecule has 2 saturated heterocycles. The number of rotatable bonds is 4. The van der Waals surface area contributed by atoms with Crippen LogP contribution in [0.3, 0.4) is 0 Å². The Morgan fingerprint density at radius 2 is 1.83 bits per heavy atom. The van der Waals surface area contributed by atoms with Crippen LogP contribution in [0.15, 0.2) is 24.3 Å². The zero-order chi connectivity index (χ0) is 16.2. The van der Waals surface area contributed by atoms with Gasteiger partial charge in [-0.25, -0.2) is 0 Å². The minimum Gasteiger partial charge on any atom is -0.490 e. The van der Waals surface area contributed by atoms with Crippen LogP contribution in [0.4, 0.5) is 0 Å². The molecule has 124 valence electrons. The van der Waals surface area contributed by atoms with Gasteiger partial charge in [-0.3, -0.25) is 9.59 Å². The first-order chi connectivity index (χ1) is 11.1. The molecule has 2 aliphatic rings. The summed E-state index contributed by atoms with van der Waals surface area (Å²) in [5.74, 6) is -0.653. The molecule has 2 aliphatic heterocycles. The zero-order valence-electron chi connectivity index (χ0n) is 12.9. The lowest BCUT2D eigenvalue weighted by molar-refractivity contribution is -0.141. The molecule has 1 unspecified atom stereocenters. The van der Waals surface area contributed by atoms with E-state index in [0.717, 1.165) is 31.8 Å². The summed E-state index contributed by atoms with van der Waals surface area (Å²) in [5.41, 5.74) is 0.565. The number of hydrogen-bond acceptors (Lipinski definition) is 4. The maximum Gasteiger partial charge on any atom is 0.308 e. The first-order valence-corrected chi connectivity index (χ1v) is 8.00. The fraction of sp³-hybridized carbons (Fsp3) is 0.529. The van der Waals surface area contributed by atoms with Gasteiger partial charge in [0.05, 0.1) is 19.1 Å². The number of carboxylic acid groups (broad SMARTS) is 1. The Labute approximate surface area is 135 Å². The van der Waals surface area contributed by atoms with Crippen LogP contribution in [0.25, 0.3) is 0 Å². The van der Waals surface area contributed by atoms with Crippen LogP contribution in [0.1, 0.15) is 29.6 Å². The lowest BCUT2D eigenvalue weighted by Gasteiger charge is -2.23. The van der Waals surface area contributed by atoms with Gasteiger partial charge in [0, 0.05) is 31.5 Å². The number of carbonyl (C=O) groups is 2. The smallest absolute Gasteiger partial charge is 0.308 e. The second kappa shape index (κ2) is 7.00. The first-order valence-electron chi connectivity index (χ1n) is 8.00. The van der Waals surface area contributed by atoms with Gasteiger partial charge in [0.25, 0.3) is 5.91 Å². The van der Waals surface area contributed by atoms with E-state index in [4.69, 9.17) is 14.6 Å². The zero-order valence-corrected chi connectivity index (χ0v) is 12.9. The van der Waals surface area contributed by atoms with E-state index in [0.29, 0.717) is 18.5 Å². The van der Waals surface area contributed by atoms with E-state index in [1.807, 2.05) is 0 Å². The van der Waals surface area contributed by atoms with Crippen molar-refractivity contribution in [1.82, 2.24) is 4.90 Å². The van der Waals surface area contributed by atoms with Crippen LogP contribution in [-0.4, -0.2) is 54.3 Å². The van der Waals surface area contributed by atoms with Crippen LogP contribution in [0.2, 0.25) is 0 Å². The predicted molar refractivity (Wildman–Crippen MR) is 82.6 cm³/mol. The van der Waals surface area contributed by atoms with Gasteiger partial charge in [-0.2, -0.15) is 0 Å². The average Bonchev–Trinajstić information content (AvgIpc) is 3.06. The second-order valence-corrected chi connectivity index (χ2v) is 6.03. The molecule has 1 amide bonds. The largest absolute Gasteiger partial charge is 0.490 e. The Morgan fingerprint density at radius 3 is 2.43 bits per heavy atom. The number of aliphatic carboxylic acids is 1. The molecule has 0 spiro atoms. The fourth-order valence-electron chi connectivity index (χ4n) is 2.99. The first kappa shape index (κ1) is 15.8. The summed E-state index contributed by atoms with van der Waals surface area (Å²) in [6.07, 6.45) is 2.45. The summed E-state index contributed by atoms with van der Waals surface area (Å²) in [4.78, 5) is 25.0. The van der Waals surface area contributed by atoms with Crippen LogP contribution in [-0.2, 0) is 9.53 Å². The van der Waals surface area contributed by atoms with E-state index in [2.05, 4.69) is 0 Å². The lowest BCUT2D eigenvalue weighted by atomic mass is 10.1. The van der Waals surface area contributed by atoms with Gasteiger partial charge in [0.1, 0.15) is 11.9 Å². The highest BCUT2D eigenvalue weighted by Gasteiger charge is 2.31. The summed E-state index contributed by atoms with van der Waals surface area (Å²) in [5, 5.41) is 9.01. The molecule has 0 aliphatic carbocycles. The highest BCUT2D eigenvalue weighted by molar-refractivity contribution is 5.94. The normalized spacial score (nSPS) is 22.1. The van der Waals surface area contributed by atoms with E-state index in [1.165, 1.54) is 0 Å². The molecular formula is C17H21NO5. The Bertz CT molecular complexity index is 565. The summed E-state index contributed by atoms with van der Waals surface area (Å²) in [6.45, 7) is 2.23. The molecule has 0 saturated carbocycles. The molecule has 1 atom stereocenters. The molecule has 0 bridgehead atoms. The Balaban J connectivity index is 1.58. The van der Waals surface area contributed by atoms with Gasteiger partial charge in [-0.05, 0) is 30.7 Å². The van der Waals surface area contributed by atoms with Gasteiger partial charge >= 0.3 is 5.97 Å². The SMILES string of the molecule is O=C(O)C1CCN(C(=O)c2ccc(OC3CCOCC3)cc2)C1. The van der Waals surface area contributed by atoms with Gasteiger partial charge in [-0.1, -0.05) is 0 Å². The predicted octanol–water partition coefficient (Wildman–Crippen LogP) is 1.79. The second-order valence-electron chi connectivity index (χ2n) is 6.03. The molecule has 6 heteroatoms. The van der Waals surface area contributed by atoms with Crippen molar-refractivity contribution in [2.45, 2.75) is 25.4 Å². The molecule has 0 aromatic heterocycles. The summed E-state index contributed by atoms with van der Waals surface area (Å²) >= 11 is 0. The average molecular weight is 319 g/mol. The van der Waals surface area contributed by atoms with Crippen molar-refractivity contribution in [3.8, 4) is 5.75 Å². The number of nitrogens with zero attached hydrogens (tertiary/aromatic N) is 1. The van der Waals surface area contributed by atoms with Crippen molar-refractivity contribution in [2.24, 2.45) is 5.92 Å². The number of carboxylic acids is 1. The number of amides is 1. The highest BCUT2D eigenvalue weighted by Crippen LogP contribution is 2.22. The fourth-order valence-corrected chi connectivity index (χ4v) is 2.99. The van der Waals surface area contributed by atoms with Crippen molar-refractivity contribution < 1.29 is 24.2 Å². The van der Waals surface area contributed by atoms with Gasteiger partial charge < -0.3 is 19.5 Å². The van der Waals surface area contributed by atoms with Gasteiger partial charge in [-0.15, -0.1) is 0 Å². The molecule has 23 heavy (non-hydrogen) atoms. The minimum atomic E-state index is -0.833. The molecule has 2 fully saturated rings. The summed E-state index contributed by atoms with van der Waals surface area (Å²) in [6, 6.07) is 7.08. The molecule has 2 heterocycles. The van der Waals surface area contributed by atoms with Crippen molar-refractivity contribution in [2.75, 3.05) is 26.3 Å². The summed E-state index contributed by atoms with van der Waals surface area (Å²) < 4.78 is 11.2. The Hall–Kier alpha value is -2.08. The van der Waals surface area contributed by atoms with E-state index >= 15 is 0 Å². The van der Waals surface area contributed by atoms with E-state index < -0.39 is 11.9 Å². The van der Waals surface area contributed by atoms with Crippen molar-refractivity contribution in [1.29, 1.82) is 0 Å². The maximum absolute atomic E-state index is 12.4. The molecule has 1 N–H and O–H groups in total.